The van der Waals surface area contributed by atoms with E-state index in [0.29, 0.717) is 27.7 Å². The van der Waals surface area contributed by atoms with Crippen LogP contribution in [-0.4, -0.2) is 32.7 Å². The second-order valence-corrected chi connectivity index (χ2v) is 5.29. The number of amides is 1. The second kappa shape index (κ2) is 6.83. The van der Waals surface area contributed by atoms with Gasteiger partial charge in [-0.25, -0.2) is 14.8 Å². The predicted molar refractivity (Wildman–Crippen MR) is 96.5 cm³/mol. The molecule has 0 saturated heterocycles. The van der Waals surface area contributed by atoms with Gasteiger partial charge < -0.3 is 15.8 Å². The molecule has 128 valence electrons. The molecule has 3 aromatic rings. The van der Waals surface area contributed by atoms with Crippen LogP contribution in [0.3, 0.4) is 0 Å². The monoisotopic (exact) mass is 346 g/mol. The quantitative estimate of drug-likeness (QED) is 0.610. The van der Waals surface area contributed by atoms with E-state index in [-0.39, 0.29) is 18.2 Å². The molecule has 0 saturated carbocycles. The lowest BCUT2D eigenvalue weighted by atomic mass is 10.1. The maximum atomic E-state index is 11.4. The van der Waals surface area contributed by atoms with Crippen LogP contribution in [0.1, 0.15) is 23.6 Å². The summed E-state index contributed by atoms with van der Waals surface area (Å²) in [6, 6.07) is 8.85. The average Bonchev–Trinajstić information content (AvgIpc) is 3.11. The van der Waals surface area contributed by atoms with E-state index in [2.05, 4.69) is 26.8 Å². The molecule has 0 aliphatic rings. The topological polar surface area (TPSA) is 132 Å². The van der Waals surface area contributed by atoms with E-state index in [1.807, 2.05) is 6.07 Å². The number of nitrogens with two attached hydrogens (primary N) is 1. The number of hydrogen-bond acceptors (Lipinski definition) is 5. The first-order chi connectivity index (χ1) is 12.5. The number of benzene rings is 1. The Labute approximate surface area is 148 Å². The standard InChI is InChI=1S/C18H14N6O2/c1-2-24(18(25)26)17-15-14(21-10-22-15)13(16(20)23-17)8-7-11-3-5-12(9-19)6-4-11/h3-6,10H,2H2,1H3,(H2,20,23)(H,21,22)(H,25,26). The highest BCUT2D eigenvalue weighted by molar-refractivity contribution is 5.99. The van der Waals surface area contributed by atoms with Crippen molar-refractivity contribution in [2.75, 3.05) is 17.2 Å². The Hall–Kier alpha value is -4.04. The van der Waals surface area contributed by atoms with Gasteiger partial charge in [0.25, 0.3) is 0 Å². The Bertz CT molecular complexity index is 1080. The van der Waals surface area contributed by atoms with Gasteiger partial charge in [0.05, 0.1) is 23.5 Å². The Balaban J connectivity index is 2.10. The van der Waals surface area contributed by atoms with Gasteiger partial charge in [-0.1, -0.05) is 11.8 Å². The van der Waals surface area contributed by atoms with Gasteiger partial charge in [0.2, 0.25) is 0 Å². The maximum absolute atomic E-state index is 11.4. The van der Waals surface area contributed by atoms with Gasteiger partial charge >= 0.3 is 6.09 Å². The molecule has 1 aromatic carbocycles. The molecule has 3 rings (SSSR count). The molecule has 2 aromatic heterocycles. The van der Waals surface area contributed by atoms with Crippen molar-refractivity contribution in [1.29, 1.82) is 5.26 Å². The minimum Gasteiger partial charge on any atom is -0.465 e. The predicted octanol–water partition coefficient (Wildman–Crippen LogP) is 2.32. The van der Waals surface area contributed by atoms with E-state index < -0.39 is 6.09 Å². The minimum absolute atomic E-state index is 0.0976. The molecule has 0 bridgehead atoms. The molecule has 0 spiro atoms. The Kier molecular flexibility index (Phi) is 4.42. The zero-order chi connectivity index (χ0) is 18.7. The van der Waals surface area contributed by atoms with Crippen LogP contribution >= 0.6 is 0 Å². The van der Waals surface area contributed by atoms with Crippen LogP contribution in [0.15, 0.2) is 30.6 Å². The third-order valence-corrected chi connectivity index (χ3v) is 3.73. The van der Waals surface area contributed by atoms with E-state index in [1.54, 1.807) is 31.2 Å². The smallest absolute Gasteiger partial charge is 0.413 e. The summed E-state index contributed by atoms with van der Waals surface area (Å²) >= 11 is 0. The number of pyridine rings is 1. The molecule has 8 nitrogen and oxygen atoms in total. The number of aromatic nitrogens is 3. The van der Waals surface area contributed by atoms with Crippen LogP contribution in [0.4, 0.5) is 16.4 Å². The van der Waals surface area contributed by atoms with Crippen molar-refractivity contribution in [1.82, 2.24) is 15.0 Å². The van der Waals surface area contributed by atoms with Crippen molar-refractivity contribution in [3.63, 3.8) is 0 Å². The fourth-order valence-electron chi connectivity index (χ4n) is 2.46. The number of fused-ring (bicyclic) bond motifs is 1. The van der Waals surface area contributed by atoms with Gasteiger partial charge in [0.15, 0.2) is 5.82 Å². The van der Waals surface area contributed by atoms with Crippen molar-refractivity contribution >= 4 is 28.8 Å². The fourth-order valence-corrected chi connectivity index (χ4v) is 2.46. The Morgan fingerprint density at radius 1 is 1.31 bits per heavy atom. The molecular weight excluding hydrogens is 332 g/mol. The lowest BCUT2D eigenvalue weighted by molar-refractivity contribution is 0.202. The highest BCUT2D eigenvalue weighted by Crippen LogP contribution is 2.28. The minimum atomic E-state index is -1.13. The lowest BCUT2D eigenvalue weighted by Crippen LogP contribution is -2.30. The SMILES string of the molecule is CCN(C(=O)O)c1nc(N)c(C#Cc2ccc(C#N)cc2)c2nc[nH]c12. The molecule has 0 aliphatic heterocycles. The third-order valence-electron chi connectivity index (χ3n) is 3.73. The summed E-state index contributed by atoms with van der Waals surface area (Å²) in [5.41, 5.74) is 8.59. The van der Waals surface area contributed by atoms with Crippen molar-refractivity contribution in [3.8, 4) is 17.9 Å². The highest BCUT2D eigenvalue weighted by Gasteiger charge is 2.21. The fraction of sp³-hybridized carbons (Fsp3) is 0.111. The van der Waals surface area contributed by atoms with Gasteiger partial charge in [-0.05, 0) is 31.2 Å². The number of carbonyl (C=O) groups is 1. The molecule has 0 atom stereocenters. The zero-order valence-corrected chi connectivity index (χ0v) is 13.8. The number of nitrogens with one attached hydrogen (secondary N) is 1. The van der Waals surface area contributed by atoms with Crippen molar-refractivity contribution in [2.45, 2.75) is 6.92 Å². The normalized spacial score (nSPS) is 10.0. The van der Waals surface area contributed by atoms with E-state index in [9.17, 15) is 9.90 Å². The lowest BCUT2D eigenvalue weighted by Gasteiger charge is -2.17. The summed E-state index contributed by atoms with van der Waals surface area (Å²) in [6.07, 6.45) is 0.310. The summed E-state index contributed by atoms with van der Waals surface area (Å²) in [5.74, 6) is 6.18. The largest absolute Gasteiger partial charge is 0.465 e. The van der Waals surface area contributed by atoms with Crippen molar-refractivity contribution in [3.05, 3.63) is 47.3 Å². The van der Waals surface area contributed by atoms with E-state index >= 15 is 0 Å². The second-order valence-electron chi connectivity index (χ2n) is 5.29. The van der Waals surface area contributed by atoms with Crippen LogP contribution in [0, 0.1) is 23.2 Å². The molecule has 8 heteroatoms. The van der Waals surface area contributed by atoms with Crippen LogP contribution in [0.25, 0.3) is 11.0 Å². The van der Waals surface area contributed by atoms with Crippen LogP contribution < -0.4 is 10.6 Å². The van der Waals surface area contributed by atoms with Gasteiger partial charge in [-0.3, -0.25) is 4.90 Å². The number of nitriles is 1. The van der Waals surface area contributed by atoms with E-state index in [0.717, 1.165) is 4.90 Å². The molecule has 2 heterocycles. The Morgan fingerprint density at radius 3 is 2.62 bits per heavy atom. The molecule has 0 fully saturated rings. The van der Waals surface area contributed by atoms with Crippen LogP contribution in [0.5, 0.6) is 0 Å². The Morgan fingerprint density at radius 2 is 2.00 bits per heavy atom. The van der Waals surface area contributed by atoms with Gasteiger partial charge in [0, 0.05) is 12.1 Å². The molecule has 0 radical (unpaired) electrons. The first-order valence-corrected chi connectivity index (χ1v) is 7.70. The van der Waals surface area contributed by atoms with Crippen molar-refractivity contribution < 1.29 is 9.90 Å². The van der Waals surface area contributed by atoms with Crippen molar-refractivity contribution in [2.24, 2.45) is 0 Å². The number of nitrogens with zero attached hydrogens (tertiary/aromatic N) is 4. The summed E-state index contributed by atoms with van der Waals surface area (Å²) in [4.78, 5) is 23.8. The number of carboxylic acid groups (broad SMARTS) is 1. The summed E-state index contributed by atoms with van der Waals surface area (Å²) in [5, 5.41) is 18.2. The van der Waals surface area contributed by atoms with Crippen LogP contribution in [0.2, 0.25) is 0 Å². The summed E-state index contributed by atoms with van der Waals surface area (Å²) < 4.78 is 0. The van der Waals surface area contributed by atoms with E-state index in [4.69, 9.17) is 11.0 Å². The highest BCUT2D eigenvalue weighted by atomic mass is 16.4. The zero-order valence-electron chi connectivity index (χ0n) is 13.8. The molecule has 0 unspecified atom stereocenters. The summed E-state index contributed by atoms with van der Waals surface area (Å²) in [6.45, 7) is 1.92. The van der Waals surface area contributed by atoms with Gasteiger partial charge in [-0.15, -0.1) is 0 Å². The number of nitrogen functional groups attached to an aromatic ring is 1. The number of aromatic amines is 1. The number of H-pyrrole nitrogens is 1. The molecule has 1 amide bonds. The molecule has 26 heavy (non-hydrogen) atoms. The maximum Gasteiger partial charge on any atom is 0.413 e. The van der Waals surface area contributed by atoms with Gasteiger partial charge in [-0.2, -0.15) is 5.26 Å². The molecule has 0 aliphatic carbocycles. The number of hydrogen-bond donors (Lipinski definition) is 3. The van der Waals surface area contributed by atoms with Gasteiger partial charge in [0.1, 0.15) is 16.9 Å². The number of rotatable bonds is 2. The average molecular weight is 346 g/mol. The van der Waals surface area contributed by atoms with Crippen LogP contribution in [-0.2, 0) is 0 Å². The summed E-state index contributed by atoms with van der Waals surface area (Å²) in [7, 11) is 0. The number of imidazole rings is 1. The first-order valence-electron chi connectivity index (χ1n) is 7.70. The van der Waals surface area contributed by atoms with E-state index in [1.165, 1.54) is 6.33 Å². The first kappa shape index (κ1) is 16.8. The number of anilines is 2. The third kappa shape index (κ3) is 2.99. The molecule has 4 N–H and O–H groups in total. The molecular formula is C18H14N6O2.